The highest BCUT2D eigenvalue weighted by Gasteiger charge is 2.19. The maximum absolute atomic E-state index is 13.8. The Morgan fingerprint density at radius 2 is 1.53 bits per heavy atom. The fourth-order valence-electron chi connectivity index (χ4n) is 5.27. The molecule has 6 rings (SSSR count). The Morgan fingerprint density at radius 3 is 2.28 bits per heavy atom. The van der Waals surface area contributed by atoms with Crippen LogP contribution in [0.1, 0.15) is 31.8 Å². The predicted molar refractivity (Wildman–Crippen MR) is 172 cm³/mol. The molecule has 0 bridgehead atoms. The molecule has 0 aliphatic rings. The summed E-state index contributed by atoms with van der Waals surface area (Å²) in [6.45, 7) is 4.20. The molecule has 1 heterocycles. The van der Waals surface area contributed by atoms with Crippen molar-refractivity contribution in [1.29, 1.82) is 0 Å². The number of rotatable bonds is 8. The van der Waals surface area contributed by atoms with E-state index in [1.807, 2.05) is 53.2 Å². The zero-order valence-electron chi connectivity index (χ0n) is 23.8. The zero-order valence-corrected chi connectivity index (χ0v) is 24.7. The highest BCUT2D eigenvalue weighted by Crippen LogP contribution is 2.36. The van der Waals surface area contributed by atoms with Gasteiger partial charge < -0.3 is 15.0 Å². The van der Waals surface area contributed by atoms with Crippen LogP contribution in [0.25, 0.3) is 32.8 Å². The second kappa shape index (κ2) is 11.3. The van der Waals surface area contributed by atoms with E-state index < -0.39 is 13.1 Å². The third-order valence-electron chi connectivity index (χ3n) is 7.58. The van der Waals surface area contributed by atoms with Gasteiger partial charge in [0, 0.05) is 17.2 Å². The van der Waals surface area contributed by atoms with Gasteiger partial charge >= 0.3 is 5.97 Å². The van der Waals surface area contributed by atoms with Gasteiger partial charge in [0.1, 0.15) is 7.14 Å². The molecule has 5 aromatic carbocycles. The Kier molecular flexibility index (Phi) is 7.43. The fourth-order valence-corrected chi connectivity index (χ4v) is 6.16. The molecule has 0 saturated carbocycles. The maximum Gasteiger partial charge on any atom is 0.335 e. The lowest BCUT2D eigenvalue weighted by Crippen LogP contribution is -2.24. The molecule has 0 unspecified atom stereocenters. The average Bonchev–Trinajstić information content (AvgIpc) is 3.41. The summed E-state index contributed by atoms with van der Waals surface area (Å²) < 4.78 is 14.7. The van der Waals surface area contributed by atoms with E-state index in [0.29, 0.717) is 17.6 Å². The number of carboxylic acid groups (broad SMARTS) is 1. The van der Waals surface area contributed by atoms with Gasteiger partial charge in [0.15, 0.2) is 0 Å². The van der Waals surface area contributed by atoms with Gasteiger partial charge in [0.05, 0.1) is 29.4 Å². The average molecular weight is 588 g/mol. The monoisotopic (exact) mass is 587 g/mol. The number of carbonyl (C=O) groups is 2. The second-order valence-electron chi connectivity index (χ2n) is 11.0. The Hall–Kier alpha value is -5.00. The molecule has 43 heavy (non-hydrogen) atoms. The quantitative estimate of drug-likeness (QED) is 0.191. The number of aromatic carboxylic acids is 1. The fraction of sp³-hybridized carbons (Fsp3) is 0.114. The molecule has 214 valence electrons. The summed E-state index contributed by atoms with van der Waals surface area (Å²) in [5.41, 5.74) is 4.90. The first kappa shape index (κ1) is 28.1. The summed E-state index contributed by atoms with van der Waals surface area (Å²) in [5.74, 6) is -1.27. The molecular formula is C35H30N3O4P. The lowest BCUT2D eigenvalue weighted by molar-refractivity contribution is 0.0696. The summed E-state index contributed by atoms with van der Waals surface area (Å²) in [5, 5.41) is 20.8. The lowest BCUT2D eigenvalue weighted by atomic mass is 9.99. The number of aromatic nitrogens is 2. The molecule has 1 amide bonds. The molecule has 0 saturated heterocycles. The van der Waals surface area contributed by atoms with Gasteiger partial charge in [-0.3, -0.25) is 9.48 Å². The molecule has 0 atom stereocenters. The predicted octanol–water partition coefficient (Wildman–Crippen LogP) is 6.78. The summed E-state index contributed by atoms with van der Waals surface area (Å²) >= 11 is 0. The van der Waals surface area contributed by atoms with Crippen molar-refractivity contribution in [3.05, 3.63) is 132 Å². The molecule has 2 N–H and O–H groups in total. The van der Waals surface area contributed by atoms with E-state index in [1.165, 1.54) is 12.1 Å². The van der Waals surface area contributed by atoms with Gasteiger partial charge in [-0.15, -0.1) is 0 Å². The molecule has 1 aromatic heterocycles. The second-order valence-corrected chi connectivity index (χ2v) is 14.2. The summed E-state index contributed by atoms with van der Waals surface area (Å²) in [6.07, 6.45) is 1.77. The van der Waals surface area contributed by atoms with E-state index in [2.05, 4.69) is 40.7 Å². The molecule has 6 aromatic rings. The van der Waals surface area contributed by atoms with Crippen LogP contribution in [0.15, 0.2) is 109 Å². The van der Waals surface area contributed by atoms with Crippen LogP contribution in [0.2, 0.25) is 0 Å². The van der Waals surface area contributed by atoms with Gasteiger partial charge in [-0.1, -0.05) is 66.7 Å². The minimum atomic E-state index is -2.48. The van der Waals surface area contributed by atoms with Crippen molar-refractivity contribution in [3.8, 4) is 11.1 Å². The molecule has 0 fully saturated rings. The van der Waals surface area contributed by atoms with Gasteiger partial charge in [-0.2, -0.15) is 5.10 Å². The minimum absolute atomic E-state index is 0.188. The number of carbonyl (C=O) groups excluding carboxylic acids is 1. The number of nitrogens with zero attached hydrogens (tertiary/aromatic N) is 2. The van der Waals surface area contributed by atoms with Gasteiger partial charge in [-0.25, -0.2) is 4.79 Å². The first-order chi connectivity index (χ1) is 20.7. The molecule has 0 spiro atoms. The highest BCUT2D eigenvalue weighted by molar-refractivity contribution is 7.70. The molecule has 0 radical (unpaired) electrons. The summed E-state index contributed by atoms with van der Waals surface area (Å²) in [4.78, 5) is 25.0. The molecule has 0 aliphatic carbocycles. The van der Waals surface area contributed by atoms with Crippen molar-refractivity contribution < 1.29 is 19.3 Å². The number of benzene rings is 5. The van der Waals surface area contributed by atoms with Crippen LogP contribution in [-0.4, -0.2) is 40.1 Å². The van der Waals surface area contributed by atoms with E-state index in [9.17, 15) is 19.3 Å². The molecule has 0 aliphatic heterocycles. The van der Waals surface area contributed by atoms with Crippen LogP contribution in [0, 0.1) is 0 Å². The van der Waals surface area contributed by atoms with Crippen LogP contribution < -0.4 is 10.6 Å². The van der Waals surface area contributed by atoms with E-state index in [4.69, 9.17) is 0 Å². The van der Waals surface area contributed by atoms with Crippen molar-refractivity contribution >= 4 is 46.0 Å². The van der Waals surface area contributed by atoms with Crippen LogP contribution in [0.5, 0.6) is 0 Å². The number of fused-ring (bicyclic) bond motifs is 2. The SMILES string of the molecule is CP(C)(=O)c1cccc(-c2cc(C(=O)NCc3ccc(C(=O)O)cc3)c3c(cnn3Cc3ccc4ccccc4c3)c2)c1. The van der Waals surface area contributed by atoms with E-state index in [-0.39, 0.29) is 18.0 Å². The third-order valence-corrected chi connectivity index (χ3v) is 9.10. The Labute approximate surface area is 249 Å². The van der Waals surface area contributed by atoms with Crippen LogP contribution in [0.3, 0.4) is 0 Å². The normalized spacial score (nSPS) is 11.6. The van der Waals surface area contributed by atoms with Crippen molar-refractivity contribution in [2.24, 2.45) is 0 Å². The number of hydrogen-bond donors (Lipinski definition) is 2. The molecule has 7 nitrogen and oxygen atoms in total. The number of amides is 1. The minimum Gasteiger partial charge on any atom is -0.478 e. The van der Waals surface area contributed by atoms with Crippen LogP contribution in [-0.2, 0) is 17.7 Å². The summed E-state index contributed by atoms with van der Waals surface area (Å²) in [7, 11) is -2.48. The van der Waals surface area contributed by atoms with E-state index in [1.54, 1.807) is 31.7 Å². The highest BCUT2D eigenvalue weighted by atomic mass is 31.2. The maximum atomic E-state index is 13.8. The first-order valence-corrected chi connectivity index (χ1v) is 16.5. The van der Waals surface area contributed by atoms with Crippen LogP contribution in [0.4, 0.5) is 0 Å². The van der Waals surface area contributed by atoms with E-state index >= 15 is 0 Å². The van der Waals surface area contributed by atoms with Crippen molar-refractivity contribution in [1.82, 2.24) is 15.1 Å². The Balaban J connectivity index is 1.40. The molecule has 8 heteroatoms. The number of nitrogens with one attached hydrogen (secondary N) is 1. The van der Waals surface area contributed by atoms with E-state index in [0.717, 1.165) is 43.7 Å². The molecular weight excluding hydrogens is 557 g/mol. The standard InChI is InChI=1S/C35H30N3O4P/c1-43(2,42)31-9-5-8-28(18-31)29-17-30-21-37-38(22-24-12-13-25-6-3-4-7-27(25)16-24)33(30)32(19-29)34(39)36-20-23-10-14-26(15-11-23)35(40)41/h3-19,21H,20,22H2,1-2H3,(H,36,39)(H,40,41). The largest absolute Gasteiger partial charge is 0.478 e. The van der Waals surface area contributed by atoms with Crippen molar-refractivity contribution in [2.45, 2.75) is 13.1 Å². The van der Waals surface area contributed by atoms with Crippen molar-refractivity contribution in [2.75, 3.05) is 13.3 Å². The third kappa shape index (κ3) is 5.99. The van der Waals surface area contributed by atoms with Crippen LogP contribution >= 0.6 is 7.14 Å². The topological polar surface area (TPSA) is 101 Å². The number of hydrogen-bond acceptors (Lipinski definition) is 4. The summed E-state index contributed by atoms with van der Waals surface area (Å²) in [6, 6.07) is 32.4. The first-order valence-electron chi connectivity index (χ1n) is 13.9. The van der Waals surface area contributed by atoms with Gasteiger partial charge in [-0.05, 0) is 82.8 Å². The number of carboxylic acids is 1. The Bertz CT molecular complexity index is 2060. The smallest absolute Gasteiger partial charge is 0.335 e. The van der Waals surface area contributed by atoms with Gasteiger partial charge in [0.2, 0.25) is 0 Å². The van der Waals surface area contributed by atoms with Gasteiger partial charge in [0.25, 0.3) is 5.91 Å². The Morgan fingerprint density at radius 1 is 0.791 bits per heavy atom. The zero-order chi connectivity index (χ0) is 30.1. The lowest BCUT2D eigenvalue weighted by Gasteiger charge is -2.14. The van der Waals surface area contributed by atoms with Crippen molar-refractivity contribution in [3.63, 3.8) is 0 Å².